The molecule has 0 radical (unpaired) electrons. The third kappa shape index (κ3) is 4.39. The van der Waals surface area contributed by atoms with E-state index in [0.29, 0.717) is 4.88 Å². The molecule has 2 heterocycles. The Labute approximate surface area is 147 Å². The van der Waals surface area contributed by atoms with Gasteiger partial charge in [0.2, 0.25) is 10.0 Å². The van der Waals surface area contributed by atoms with Crippen molar-refractivity contribution in [1.82, 2.24) is 15.6 Å². The van der Waals surface area contributed by atoms with Crippen LogP contribution in [-0.2, 0) is 16.6 Å². The summed E-state index contributed by atoms with van der Waals surface area (Å²) in [6.07, 6.45) is -4.52. The molecule has 3 rings (SSSR count). The minimum Gasteiger partial charge on any atom is -0.249 e. The van der Waals surface area contributed by atoms with Gasteiger partial charge in [0.05, 0.1) is 6.04 Å². The Kier molecular flexibility index (Phi) is 5.16. The molecule has 0 bridgehead atoms. The SMILES string of the molecule is O=S(=O)(NCc1ccccc1)c1ccc(C2CC(C(F)(F)F)NN2)s1. The molecule has 1 saturated heterocycles. The lowest BCUT2D eigenvalue weighted by Gasteiger charge is -2.12. The van der Waals surface area contributed by atoms with Crippen LogP contribution < -0.4 is 15.6 Å². The smallest absolute Gasteiger partial charge is 0.249 e. The molecule has 2 unspecified atom stereocenters. The van der Waals surface area contributed by atoms with Crippen molar-refractivity contribution in [3.63, 3.8) is 0 Å². The third-order valence-corrected chi connectivity index (χ3v) is 6.91. The monoisotopic (exact) mass is 391 g/mol. The van der Waals surface area contributed by atoms with E-state index in [2.05, 4.69) is 15.6 Å². The summed E-state index contributed by atoms with van der Waals surface area (Å²) in [5, 5.41) is 0. The van der Waals surface area contributed by atoms with E-state index in [0.717, 1.165) is 16.9 Å². The highest BCUT2D eigenvalue weighted by molar-refractivity contribution is 7.91. The fourth-order valence-corrected chi connectivity index (χ4v) is 4.92. The van der Waals surface area contributed by atoms with Gasteiger partial charge in [-0.15, -0.1) is 11.3 Å². The molecule has 1 aromatic carbocycles. The number of halogens is 3. The Morgan fingerprint density at radius 3 is 2.48 bits per heavy atom. The molecule has 1 aliphatic heterocycles. The Balaban J connectivity index is 1.66. The number of sulfonamides is 1. The zero-order valence-electron chi connectivity index (χ0n) is 12.9. The van der Waals surface area contributed by atoms with Crippen LogP contribution in [0.15, 0.2) is 46.7 Å². The summed E-state index contributed by atoms with van der Waals surface area (Å²) in [6, 6.07) is 9.79. The predicted octanol–water partition coefficient (Wildman–Crippen LogP) is 2.70. The van der Waals surface area contributed by atoms with Crippen molar-refractivity contribution in [2.24, 2.45) is 0 Å². The summed E-state index contributed by atoms with van der Waals surface area (Å²) in [7, 11) is -3.71. The maximum atomic E-state index is 12.7. The first kappa shape index (κ1) is 18.3. The van der Waals surface area contributed by atoms with Crippen LogP contribution in [0.3, 0.4) is 0 Å². The van der Waals surface area contributed by atoms with Gasteiger partial charge in [0.1, 0.15) is 10.3 Å². The molecule has 2 atom stereocenters. The average molecular weight is 391 g/mol. The van der Waals surface area contributed by atoms with Gasteiger partial charge in [-0.1, -0.05) is 30.3 Å². The van der Waals surface area contributed by atoms with Crippen LogP contribution in [0.5, 0.6) is 0 Å². The topological polar surface area (TPSA) is 70.2 Å². The highest BCUT2D eigenvalue weighted by atomic mass is 32.2. The van der Waals surface area contributed by atoms with Crippen molar-refractivity contribution in [3.8, 4) is 0 Å². The number of hydrogen-bond donors (Lipinski definition) is 3. The standard InChI is InChI=1S/C15H16F3N3O2S2/c16-15(17,18)13-8-11(20-21-13)12-6-7-14(24-12)25(22,23)19-9-10-4-2-1-3-5-10/h1-7,11,13,19-21H,8-9H2. The molecule has 0 saturated carbocycles. The van der Waals surface area contributed by atoms with Gasteiger partial charge < -0.3 is 0 Å². The molecular formula is C15H16F3N3O2S2. The maximum Gasteiger partial charge on any atom is 0.405 e. The van der Waals surface area contributed by atoms with Crippen LogP contribution in [0.1, 0.15) is 22.9 Å². The van der Waals surface area contributed by atoms with Crippen molar-refractivity contribution in [2.75, 3.05) is 0 Å². The minimum atomic E-state index is -4.34. The van der Waals surface area contributed by atoms with Crippen LogP contribution in [-0.4, -0.2) is 20.6 Å². The van der Waals surface area contributed by atoms with Gasteiger partial charge in [0, 0.05) is 11.4 Å². The Bertz CT molecular complexity index is 822. The lowest BCUT2D eigenvalue weighted by Crippen LogP contribution is -2.40. The number of nitrogens with one attached hydrogen (secondary N) is 3. The molecule has 0 spiro atoms. The summed E-state index contributed by atoms with van der Waals surface area (Å²) in [5.41, 5.74) is 5.60. The van der Waals surface area contributed by atoms with E-state index in [1.165, 1.54) is 6.07 Å². The number of hydrazine groups is 1. The second-order valence-corrected chi connectivity index (χ2v) is 8.75. The molecule has 1 fully saturated rings. The summed E-state index contributed by atoms with van der Waals surface area (Å²) >= 11 is 0.965. The average Bonchev–Trinajstić information content (AvgIpc) is 3.22. The molecule has 1 aromatic heterocycles. The second kappa shape index (κ2) is 7.04. The summed E-state index contributed by atoms with van der Waals surface area (Å²) in [5.74, 6) is 0. The first-order valence-corrected chi connectivity index (χ1v) is 9.77. The van der Waals surface area contributed by atoms with Crippen molar-refractivity contribution in [1.29, 1.82) is 0 Å². The Morgan fingerprint density at radius 2 is 1.84 bits per heavy atom. The lowest BCUT2D eigenvalue weighted by molar-refractivity contribution is -0.153. The molecule has 10 heteroatoms. The van der Waals surface area contributed by atoms with E-state index in [-0.39, 0.29) is 17.2 Å². The Morgan fingerprint density at radius 1 is 1.12 bits per heavy atom. The fraction of sp³-hybridized carbons (Fsp3) is 0.333. The highest BCUT2D eigenvalue weighted by Gasteiger charge is 2.44. The molecule has 0 aliphatic carbocycles. The normalized spacial score (nSPS) is 21.6. The highest BCUT2D eigenvalue weighted by Crippen LogP contribution is 2.35. The van der Waals surface area contributed by atoms with Crippen molar-refractivity contribution < 1.29 is 21.6 Å². The van der Waals surface area contributed by atoms with Crippen molar-refractivity contribution >= 4 is 21.4 Å². The van der Waals surface area contributed by atoms with Crippen molar-refractivity contribution in [2.45, 2.75) is 35.4 Å². The van der Waals surface area contributed by atoms with Gasteiger partial charge >= 0.3 is 6.18 Å². The first-order chi connectivity index (χ1) is 11.8. The van der Waals surface area contributed by atoms with E-state index in [1.807, 2.05) is 18.2 Å². The van der Waals surface area contributed by atoms with Crippen LogP contribution >= 0.6 is 11.3 Å². The molecule has 3 N–H and O–H groups in total. The number of thiophene rings is 1. The van der Waals surface area contributed by atoms with Gasteiger partial charge in [0.15, 0.2) is 0 Å². The molecule has 2 aromatic rings. The predicted molar refractivity (Wildman–Crippen MR) is 88.3 cm³/mol. The lowest BCUT2D eigenvalue weighted by atomic mass is 10.1. The van der Waals surface area contributed by atoms with Gasteiger partial charge in [-0.2, -0.15) is 13.2 Å². The van der Waals surface area contributed by atoms with E-state index in [1.54, 1.807) is 18.2 Å². The van der Waals surface area contributed by atoms with Crippen LogP contribution in [0.2, 0.25) is 0 Å². The van der Waals surface area contributed by atoms with Crippen LogP contribution in [0, 0.1) is 0 Å². The fourth-order valence-electron chi connectivity index (χ4n) is 2.47. The third-order valence-electron chi connectivity index (χ3n) is 3.82. The number of alkyl halides is 3. The number of rotatable bonds is 5. The van der Waals surface area contributed by atoms with Crippen molar-refractivity contribution in [3.05, 3.63) is 52.9 Å². The molecule has 5 nitrogen and oxygen atoms in total. The molecule has 25 heavy (non-hydrogen) atoms. The minimum absolute atomic E-state index is 0.0793. The van der Waals surface area contributed by atoms with Gasteiger partial charge in [-0.05, 0) is 24.1 Å². The second-order valence-electron chi connectivity index (χ2n) is 5.64. The number of benzene rings is 1. The molecule has 0 amide bonds. The zero-order valence-corrected chi connectivity index (χ0v) is 14.5. The maximum absolute atomic E-state index is 12.7. The number of hydrogen-bond acceptors (Lipinski definition) is 5. The quantitative estimate of drug-likeness (QED) is 0.733. The molecule has 1 aliphatic rings. The van der Waals surface area contributed by atoms with Gasteiger partial charge in [-0.25, -0.2) is 24.0 Å². The van der Waals surface area contributed by atoms with E-state index < -0.39 is 28.3 Å². The van der Waals surface area contributed by atoms with Gasteiger partial charge in [0.25, 0.3) is 0 Å². The van der Waals surface area contributed by atoms with E-state index in [9.17, 15) is 21.6 Å². The largest absolute Gasteiger partial charge is 0.405 e. The Hall–Kier alpha value is -1.46. The van der Waals surface area contributed by atoms with E-state index in [4.69, 9.17) is 0 Å². The first-order valence-electron chi connectivity index (χ1n) is 7.47. The van der Waals surface area contributed by atoms with Crippen LogP contribution in [0.4, 0.5) is 13.2 Å². The van der Waals surface area contributed by atoms with E-state index >= 15 is 0 Å². The van der Waals surface area contributed by atoms with Crippen LogP contribution in [0.25, 0.3) is 0 Å². The zero-order chi connectivity index (χ0) is 18.1. The van der Waals surface area contributed by atoms with Gasteiger partial charge in [-0.3, -0.25) is 0 Å². The molecule has 136 valence electrons. The summed E-state index contributed by atoms with van der Waals surface area (Å²) < 4.78 is 65.4. The summed E-state index contributed by atoms with van der Waals surface area (Å²) in [6.45, 7) is 0.149. The molecular weight excluding hydrogens is 375 g/mol. The summed E-state index contributed by atoms with van der Waals surface area (Å²) in [4.78, 5) is 0.541.